The Morgan fingerprint density at radius 2 is 2.24 bits per heavy atom. The molecule has 1 aromatic heterocycles. The highest BCUT2D eigenvalue weighted by Gasteiger charge is 2.44. The Morgan fingerprint density at radius 3 is 2.88 bits per heavy atom. The summed E-state index contributed by atoms with van der Waals surface area (Å²) in [6.07, 6.45) is -0.499. The highest BCUT2D eigenvalue weighted by atomic mass is 19.4. The van der Waals surface area contributed by atoms with Crippen LogP contribution in [-0.2, 0) is 0 Å². The quantitative estimate of drug-likeness (QED) is 0.818. The molecule has 1 unspecified atom stereocenters. The van der Waals surface area contributed by atoms with Crippen LogP contribution in [0, 0.1) is 0 Å². The first-order valence-corrected chi connectivity index (χ1v) is 5.53. The molecule has 0 bridgehead atoms. The van der Waals surface area contributed by atoms with Crippen LogP contribution in [0.3, 0.4) is 0 Å². The molecule has 6 heteroatoms. The summed E-state index contributed by atoms with van der Waals surface area (Å²) >= 11 is 0. The van der Waals surface area contributed by atoms with Crippen molar-refractivity contribution in [3.8, 4) is 0 Å². The smallest absolute Gasteiger partial charge is 0.357 e. The van der Waals surface area contributed by atoms with Crippen LogP contribution in [0.2, 0.25) is 0 Å². The van der Waals surface area contributed by atoms with E-state index in [1.54, 1.807) is 18.3 Å². The molecule has 1 aliphatic heterocycles. The van der Waals surface area contributed by atoms with E-state index < -0.39 is 12.2 Å². The summed E-state index contributed by atoms with van der Waals surface area (Å²) in [5, 5.41) is 2.82. The predicted octanol–water partition coefficient (Wildman–Crippen LogP) is 1.81. The van der Waals surface area contributed by atoms with Gasteiger partial charge in [0, 0.05) is 19.3 Å². The van der Waals surface area contributed by atoms with Gasteiger partial charge in [-0.1, -0.05) is 0 Å². The molecule has 0 aliphatic carbocycles. The molecule has 2 rings (SSSR count). The van der Waals surface area contributed by atoms with Crippen LogP contribution in [0.1, 0.15) is 6.42 Å². The van der Waals surface area contributed by atoms with Crippen molar-refractivity contribution in [3.63, 3.8) is 0 Å². The zero-order valence-corrected chi connectivity index (χ0v) is 9.24. The van der Waals surface area contributed by atoms with E-state index in [-0.39, 0.29) is 6.54 Å². The summed E-state index contributed by atoms with van der Waals surface area (Å²) in [7, 11) is 0. The Hall–Kier alpha value is -1.30. The molecule has 1 fully saturated rings. The summed E-state index contributed by atoms with van der Waals surface area (Å²) in [4.78, 5) is 5.26. The first-order chi connectivity index (χ1) is 8.09. The summed E-state index contributed by atoms with van der Waals surface area (Å²) in [6.45, 7) is 0.935. The van der Waals surface area contributed by atoms with Gasteiger partial charge in [-0.3, -0.25) is 4.98 Å². The van der Waals surface area contributed by atoms with Gasteiger partial charge in [0.15, 0.2) is 0 Å². The Balaban J connectivity index is 2.27. The van der Waals surface area contributed by atoms with Crippen LogP contribution in [0.25, 0.3) is 0 Å². The average molecular weight is 245 g/mol. The fraction of sp³-hybridized carbons (Fsp3) is 0.545. The minimum atomic E-state index is -4.23. The van der Waals surface area contributed by atoms with Crippen LogP contribution < -0.4 is 10.2 Å². The van der Waals surface area contributed by atoms with Gasteiger partial charge in [-0.25, -0.2) is 0 Å². The van der Waals surface area contributed by atoms with Crippen molar-refractivity contribution in [1.82, 2.24) is 10.3 Å². The SMILES string of the molecule is FC(F)(F)C1CNCCCN1c1cccnc1. The number of hydrogen-bond acceptors (Lipinski definition) is 3. The van der Waals surface area contributed by atoms with Crippen LogP contribution in [0.4, 0.5) is 18.9 Å². The fourth-order valence-corrected chi connectivity index (χ4v) is 2.00. The van der Waals surface area contributed by atoms with Crippen LogP contribution in [0.15, 0.2) is 24.5 Å². The second-order valence-electron chi connectivity index (χ2n) is 4.02. The monoisotopic (exact) mass is 245 g/mol. The highest BCUT2D eigenvalue weighted by molar-refractivity contribution is 5.45. The Labute approximate surface area is 97.6 Å². The van der Waals surface area contributed by atoms with Gasteiger partial charge in [0.05, 0.1) is 11.9 Å². The molecule has 1 aromatic rings. The first-order valence-electron chi connectivity index (χ1n) is 5.53. The molecule has 2 heterocycles. The van der Waals surface area contributed by atoms with Gasteiger partial charge in [0.2, 0.25) is 0 Å². The van der Waals surface area contributed by atoms with Gasteiger partial charge < -0.3 is 10.2 Å². The van der Waals surface area contributed by atoms with Crippen LogP contribution in [-0.4, -0.2) is 36.8 Å². The van der Waals surface area contributed by atoms with E-state index in [0.717, 1.165) is 0 Å². The van der Waals surface area contributed by atoms with E-state index in [1.807, 2.05) is 0 Å². The fourth-order valence-electron chi connectivity index (χ4n) is 2.00. The molecular formula is C11H14F3N3. The first kappa shape index (κ1) is 12.2. The van der Waals surface area contributed by atoms with Crippen molar-refractivity contribution in [2.75, 3.05) is 24.5 Å². The molecule has 0 spiro atoms. The molecule has 1 saturated heterocycles. The lowest BCUT2D eigenvalue weighted by molar-refractivity contribution is -0.147. The van der Waals surface area contributed by atoms with Gasteiger partial charge in [0.1, 0.15) is 6.04 Å². The lowest BCUT2D eigenvalue weighted by atomic mass is 10.2. The Kier molecular flexibility index (Phi) is 3.51. The van der Waals surface area contributed by atoms with Crippen molar-refractivity contribution < 1.29 is 13.2 Å². The highest BCUT2D eigenvalue weighted by Crippen LogP contribution is 2.29. The van der Waals surface area contributed by atoms with E-state index in [2.05, 4.69) is 10.3 Å². The number of aromatic nitrogens is 1. The standard InChI is InChI=1S/C11H14F3N3/c12-11(13,14)10-8-16-5-2-6-17(10)9-3-1-4-15-7-9/h1,3-4,7,10,16H,2,5-6,8H2. The maximum Gasteiger partial charge on any atom is 0.409 e. The number of pyridine rings is 1. The maximum atomic E-state index is 13.0. The van der Waals surface area contributed by atoms with E-state index in [1.165, 1.54) is 11.1 Å². The number of alkyl halides is 3. The molecule has 0 amide bonds. The molecule has 17 heavy (non-hydrogen) atoms. The van der Waals surface area contributed by atoms with Gasteiger partial charge in [-0.15, -0.1) is 0 Å². The molecule has 1 aliphatic rings. The van der Waals surface area contributed by atoms with Gasteiger partial charge in [0.25, 0.3) is 0 Å². The average Bonchev–Trinajstić information content (AvgIpc) is 2.54. The van der Waals surface area contributed by atoms with Gasteiger partial charge >= 0.3 is 6.18 Å². The van der Waals surface area contributed by atoms with Crippen LogP contribution >= 0.6 is 0 Å². The number of nitrogens with one attached hydrogen (secondary N) is 1. The lowest BCUT2D eigenvalue weighted by Gasteiger charge is -2.32. The third-order valence-electron chi connectivity index (χ3n) is 2.82. The molecule has 0 saturated carbocycles. The maximum absolute atomic E-state index is 13.0. The molecule has 1 N–H and O–H groups in total. The van der Waals surface area contributed by atoms with Gasteiger partial charge in [-0.2, -0.15) is 13.2 Å². The predicted molar refractivity (Wildman–Crippen MR) is 58.9 cm³/mol. The number of halogens is 3. The molecule has 1 atom stereocenters. The zero-order chi connectivity index (χ0) is 12.3. The van der Waals surface area contributed by atoms with E-state index in [4.69, 9.17) is 0 Å². The second kappa shape index (κ2) is 4.91. The topological polar surface area (TPSA) is 28.2 Å². The third-order valence-corrected chi connectivity index (χ3v) is 2.82. The molecule has 0 radical (unpaired) electrons. The van der Waals surface area contributed by atoms with Crippen molar-refractivity contribution >= 4 is 5.69 Å². The van der Waals surface area contributed by atoms with Gasteiger partial charge in [-0.05, 0) is 25.1 Å². The molecular weight excluding hydrogens is 231 g/mol. The van der Waals surface area contributed by atoms with E-state index in [9.17, 15) is 13.2 Å². The largest absolute Gasteiger partial charge is 0.409 e. The minimum absolute atomic E-state index is 0.0710. The number of rotatable bonds is 1. The minimum Gasteiger partial charge on any atom is -0.357 e. The summed E-state index contributed by atoms with van der Waals surface area (Å²) in [5.74, 6) is 0. The van der Waals surface area contributed by atoms with Crippen LogP contribution in [0.5, 0.6) is 0 Å². The van der Waals surface area contributed by atoms with E-state index >= 15 is 0 Å². The van der Waals surface area contributed by atoms with Crippen molar-refractivity contribution in [2.24, 2.45) is 0 Å². The van der Waals surface area contributed by atoms with Crippen molar-refractivity contribution in [2.45, 2.75) is 18.6 Å². The second-order valence-corrected chi connectivity index (χ2v) is 4.02. The number of nitrogens with zero attached hydrogens (tertiary/aromatic N) is 2. The van der Waals surface area contributed by atoms with Crippen molar-refractivity contribution in [3.05, 3.63) is 24.5 Å². The molecule has 0 aromatic carbocycles. The number of hydrogen-bond donors (Lipinski definition) is 1. The Bertz CT molecular complexity index is 353. The molecule has 3 nitrogen and oxygen atoms in total. The summed E-state index contributed by atoms with van der Waals surface area (Å²) in [6, 6.07) is 1.84. The van der Waals surface area contributed by atoms with Crippen molar-refractivity contribution in [1.29, 1.82) is 0 Å². The normalized spacial score (nSPS) is 22.3. The summed E-state index contributed by atoms with van der Waals surface area (Å²) in [5.41, 5.74) is 0.526. The van der Waals surface area contributed by atoms with E-state index in [0.29, 0.717) is 25.2 Å². The number of anilines is 1. The lowest BCUT2D eigenvalue weighted by Crippen LogP contribution is -2.50. The zero-order valence-electron chi connectivity index (χ0n) is 9.24. The Morgan fingerprint density at radius 1 is 1.41 bits per heavy atom. The third kappa shape index (κ3) is 2.88. The summed E-state index contributed by atoms with van der Waals surface area (Å²) < 4.78 is 38.9. The molecule has 94 valence electrons.